The van der Waals surface area contributed by atoms with Gasteiger partial charge >= 0.3 is 12.1 Å². The van der Waals surface area contributed by atoms with E-state index in [1.54, 1.807) is 16.8 Å². The van der Waals surface area contributed by atoms with Crippen LogP contribution in [0.25, 0.3) is 21.8 Å². The molecule has 5 atom stereocenters. The number of nitrogens with zero attached hydrogens (tertiary/aromatic N) is 5. The molecule has 1 aliphatic rings. The standard InChI is InChI=1S/C42H53F3N8O6S/c1-8-52(21-24(2)47-37(56)30-17-15-29(16-18-30)36-50-40(59-51-36)42(43,44)45)19-9-10-33(55)49-35(41(5,6)7)39(58)53-22-31(54)20-32(53)38(57)48-25(3)27-11-13-28(14-12-27)34-26(4)46-23-60-34/h11-18,23-25,31-32,35,54H,8-10,19-22H2,1-7H3,(H,47,56)(H,48,57)(H,49,55)/t24?,25-,31+,32-,35?/m0/s1. The highest BCUT2D eigenvalue weighted by Crippen LogP contribution is 2.31. The van der Waals surface area contributed by atoms with Crippen molar-refractivity contribution in [2.24, 2.45) is 5.41 Å². The molecule has 4 N–H and O–H groups in total. The fourth-order valence-electron chi connectivity index (χ4n) is 7.06. The van der Waals surface area contributed by atoms with Crippen LogP contribution >= 0.6 is 11.3 Å². The summed E-state index contributed by atoms with van der Waals surface area (Å²) in [6, 6.07) is 11.1. The molecule has 0 radical (unpaired) electrons. The van der Waals surface area contributed by atoms with E-state index in [1.807, 2.05) is 72.7 Å². The number of amides is 4. The number of thiazole rings is 1. The molecule has 1 fully saturated rings. The van der Waals surface area contributed by atoms with Gasteiger partial charge in [-0.2, -0.15) is 18.2 Å². The highest BCUT2D eigenvalue weighted by molar-refractivity contribution is 7.13. The number of likely N-dealkylation sites (N-methyl/N-ethyl adjacent to an activating group) is 1. The number of aryl methyl sites for hydroxylation is 1. The monoisotopic (exact) mass is 854 g/mol. The predicted molar refractivity (Wildman–Crippen MR) is 219 cm³/mol. The Morgan fingerprint density at radius 3 is 2.25 bits per heavy atom. The Bertz CT molecular complexity index is 2100. The van der Waals surface area contributed by atoms with Gasteiger partial charge in [-0.25, -0.2) is 4.98 Å². The number of aliphatic hydroxyl groups excluding tert-OH is 1. The van der Waals surface area contributed by atoms with Crippen LogP contribution in [0.4, 0.5) is 13.2 Å². The Morgan fingerprint density at radius 1 is 1.00 bits per heavy atom. The highest BCUT2D eigenvalue weighted by Gasteiger charge is 2.45. The minimum atomic E-state index is -4.76. The summed E-state index contributed by atoms with van der Waals surface area (Å²) < 4.78 is 42.8. The predicted octanol–water partition coefficient (Wildman–Crippen LogP) is 5.78. The smallest absolute Gasteiger partial charge is 0.391 e. The van der Waals surface area contributed by atoms with E-state index in [9.17, 15) is 37.5 Å². The van der Waals surface area contributed by atoms with Crippen LogP contribution in [0.5, 0.6) is 0 Å². The number of carbonyl (C=O) groups excluding carboxylic acids is 4. The molecule has 3 heterocycles. The minimum absolute atomic E-state index is 0.0332. The molecule has 1 aliphatic heterocycles. The number of alkyl halides is 3. The number of nitrogens with one attached hydrogen (secondary N) is 3. The molecule has 0 saturated carbocycles. The maximum absolute atomic E-state index is 14.1. The zero-order valence-corrected chi connectivity index (χ0v) is 35.6. The lowest BCUT2D eigenvalue weighted by atomic mass is 9.85. The number of hydrogen-bond acceptors (Lipinski definition) is 11. The second-order valence-corrected chi connectivity index (χ2v) is 17.1. The van der Waals surface area contributed by atoms with E-state index in [4.69, 9.17) is 0 Å². The molecule has 0 bridgehead atoms. The molecular weight excluding hydrogens is 802 g/mol. The van der Waals surface area contributed by atoms with Gasteiger partial charge in [0.1, 0.15) is 12.1 Å². The van der Waals surface area contributed by atoms with Crippen molar-refractivity contribution in [1.82, 2.24) is 40.9 Å². The van der Waals surface area contributed by atoms with Crippen LogP contribution in [0.3, 0.4) is 0 Å². The lowest BCUT2D eigenvalue weighted by Gasteiger charge is -2.35. The number of likely N-dealkylation sites (tertiary alicyclic amines) is 1. The Balaban J connectivity index is 1.10. The minimum Gasteiger partial charge on any atom is -0.391 e. The first kappa shape index (κ1) is 45.9. The van der Waals surface area contributed by atoms with Gasteiger partial charge in [-0.1, -0.05) is 69.2 Å². The number of halogens is 3. The Morgan fingerprint density at radius 2 is 1.67 bits per heavy atom. The third-order valence-electron chi connectivity index (χ3n) is 10.4. The first-order valence-corrected chi connectivity index (χ1v) is 20.8. The van der Waals surface area contributed by atoms with Gasteiger partial charge in [0, 0.05) is 43.1 Å². The second-order valence-electron chi connectivity index (χ2n) is 16.3. The topological polar surface area (TPSA) is 183 Å². The Labute approximate surface area is 351 Å². The zero-order chi connectivity index (χ0) is 43.9. The SMILES string of the molecule is CCN(CCCC(=O)NC(C(=O)N1C[C@H](O)C[C@H]1C(=O)N[C@@H](C)c1ccc(-c2scnc2C)cc1)C(C)(C)C)CC(C)NC(=O)c1ccc(-c2noc(C(F)(F)F)n2)cc1. The van der Waals surface area contributed by atoms with Crippen LogP contribution < -0.4 is 16.0 Å². The maximum Gasteiger partial charge on any atom is 0.471 e. The maximum atomic E-state index is 14.1. The van der Waals surface area contributed by atoms with Crippen molar-refractivity contribution in [3.63, 3.8) is 0 Å². The van der Waals surface area contributed by atoms with E-state index < -0.39 is 41.6 Å². The van der Waals surface area contributed by atoms with Crippen molar-refractivity contribution in [2.45, 2.75) is 104 Å². The number of aromatic nitrogens is 3. The molecule has 0 aliphatic carbocycles. The quantitative estimate of drug-likeness (QED) is 0.108. The van der Waals surface area contributed by atoms with Gasteiger partial charge in [0.05, 0.1) is 28.2 Å². The van der Waals surface area contributed by atoms with Gasteiger partial charge in [0.2, 0.25) is 23.5 Å². The summed E-state index contributed by atoms with van der Waals surface area (Å²) in [4.78, 5) is 66.2. The van der Waals surface area contributed by atoms with Crippen LogP contribution in [0.2, 0.25) is 0 Å². The second kappa shape index (κ2) is 19.5. The van der Waals surface area contributed by atoms with Crippen molar-refractivity contribution in [2.75, 3.05) is 26.2 Å². The first-order valence-electron chi connectivity index (χ1n) is 19.9. The summed E-state index contributed by atoms with van der Waals surface area (Å²) in [5.41, 5.74) is 4.51. The summed E-state index contributed by atoms with van der Waals surface area (Å²) in [7, 11) is 0. The number of β-amino-alcohol motifs (C(OH)–C–C–N with tert-alkyl or cyclic N) is 1. The third kappa shape index (κ3) is 11.8. The molecule has 2 aromatic heterocycles. The van der Waals surface area contributed by atoms with E-state index in [1.165, 1.54) is 29.2 Å². The number of carbonyl (C=O) groups is 4. The summed E-state index contributed by atoms with van der Waals surface area (Å²) in [6.07, 6.45) is -4.99. The van der Waals surface area contributed by atoms with E-state index in [-0.39, 0.29) is 60.6 Å². The van der Waals surface area contributed by atoms with Crippen molar-refractivity contribution < 1.29 is 42.0 Å². The van der Waals surface area contributed by atoms with Gasteiger partial charge in [0.15, 0.2) is 0 Å². The van der Waals surface area contributed by atoms with Crippen molar-refractivity contribution in [1.29, 1.82) is 0 Å². The van der Waals surface area contributed by atoms with Crippen LogP contribution in [-0.2, 0) is 20.6 Å². The van der Waals surface area contributed by atoms with Crippen LogP contribution in [0, 0.1) is 12.3 Å². The van der Waals surface area contributed by atoms with Crippen LogP contribution in [0.15, 0.2) is 58.6 Å². The molecule has 0 spiro atoms. The molecule has 14 nitrogen and oxygen atoms in total. The lowest BCUT2D eigenvalue weighted by Crippen LogP contribution is -2.57. The number of aliphatic hydroxyl groups is 1. The number of benzene rings is 2. The molecule has 18 heteroatoms. The van der Waals surface area contributed by atoms with E-state index >= 15 is 0 Å². The molecule has 4 aromatic rings. The summed E-state index contributed by atoms with van der Waals surface area (Å²) in [5.74, 6) is -3.24. The molecular formula is C42H53F3N8O6S. The van der Waals surface area contributed by atoms with Gasteiger partial charge in [-0.05, 0) is 69.0 Å². The lowest BCUT2D eigenvalue weighted by molar-refractivity contribution is -0.159. The summed E-state index contributed by atoms with van der Waals surface area (Å²) >= 11 is 1.56. The number of rotatable bonds is 16. The Kier molecular flexibility index (Phi) is 14.9. The average Bonchev–Trinajstić information content (AvgIpc) is 3.96. The van der Waals surface area contributed by atoms with E-state index in [2.05, 4.69) is 40.5 Å². The normalized spacial score (nSPS) is 17.3. The number of hydrogen-bond donors (Lipinski definition) is 4. The molecule has 2 aromatic carbocycles. The van der Waals surface area contributed by atoms with Crippen molar-refractivity contribution in [3.8, 4) is 21.8 Å². The molecule has 2 unspecified atom stereocenters. The molecule has 4 amide bonds. The molecule has 60 heavy (non-hydrogen) atoms. The first-order chi connectivity index (χ1) is 28.2. The fraction of sp³-hybridized carbons (Fsp3) is 0.500. The zero-order valence-electron chi connectivity index (χ0n) is 34.8. The molecule has 324 valence electrons. The molecule has 5 rings (SSSR count). The summed E-state index contributed by atoms with van der Waals surface area (Å²) in [5, 5.41) is 22.8. The van der Waals surface area contributed by atoms with E-state index in [0.29, 0.717) is 31.6 Å². The van der Waals surface area contributed by atoms with E-state index in [0.717, 1.165) is 21.7 Å². The largest absolute Gasteiger partial charge is 0.471 e. The fourth-order valence-corrected chi connectivity index (χ4v) is 7.87. The van der Waals surface area contributed by atoms with Crippen LogP contribution in [0.1, 0.15) is 94.4 Å². The van der Waals surface area contributed by atoms with Crippen LogP contribution in [-0.4, -0.2) is 104 Å². The van der Waals surface area contributed by atoms with Gasteiger partial charge in [-0.3, -0.25) is 19.2 Å². The van der Waals surface area contributed by atoms with Gasteiger partial charge < -0.3 is 35.4 Å². The van der Waals surface area contributed by atoms with Crippen molar-refractivity contribution in [3.05, 3.63) is 76.8 Å². The highest BCUT2D eigenvalue weighted by atomic mass is 32.1. The third-order valence-corrected chi connectivity index (χ3v) is 11.3. The van der Waals surface area contributed by atoms with Gasteiger partial charge in [-0.15, -0.1) is 11.3 Å². The Hall–Kier alpha value is -5.20. The summed E-state index contributed by atoms with van der Waals surface area (Å²) in [6.45, 7) is 14.7. The average molecular weight is 855 g/mol. The molecule has 1 saturated heterocycles. The van der Waals surface area contributed by atoms with Gasteiger partial charge in [0.25, 0.3) is 5.91 Å². The van der Waals surface area contributed by atoms with Crippen molar-refractivity contribution >= 4 is 35.0 Å².